The van der Waals surface area contributed by atoms with Crippen LogP contribution in [0.3, 0.4) is 0 Å². The molecule has 1 aromatic heterocycles. The molecule has 0 radical (unpaired) electrons. The number of fused-ring (bicyclic) bond motifs is 8. The van der Waals surface area contributed by atoms with E-state index in [2.05, 4.69) is 299 Å². The first-order chi connectivity index (χ1) is 44.1. The van der Waals surface area contributed by atoms with Crippen LogP contribution in [0.1, 0.15) is 0 Å². The zero-order valence-corrected chi connectivity index (χ0v) is 48.2. The fraction of sp³-hybridized carbons (Fsp3) is 0. The Morgan fingerprint density at radius 2 is 0.494 bits per heavy atom. The summed E-state index contributed by atoms with van der Waals surface area (Å²) < 4.78 is 0. The molecule has 5 heterocycles. The Bertz CT molecular complexity index is 4760. The number of hydrogen-bond donors (Lipinski definition) is 0. The predicted octanol–water partition coefficient (Wildman–Crippen LogP) is 19.2. The van der Waals surface area contributed by atoms with E-state index in [1.54, 1.807) is 0 Å². The van der Waals surface area contributed by atoms with Gasteiger partial charge in [-0.2, -0.15) is 0 Å². The Morgan fingerprint density at radius 3 is 0.854 bits per heavy atom. The lowest BCUT2D eigenvalue weighted by atomic mass is 9.33. The van der Waals surface area contributed by atoms with Gasteiger partial charge in [-0.25, -0.2) is 15.0 Å². The van der Waals surface area contributed by atoms with Crippen LogP contribution in [-0.2, 0) is 0 Å². The molecule has 0 N–H and O–H groups in total. The van der Waals surface area contributed by atoms with Gasteiger partial charge in [0.1, 0.15) is 0 Å². The molecular formula is C81H52BN7. The van der Waals surface area contributed by atoms with E-state index in [4.69, 9.17) is 15.0 Å². The number of para-hydroxylation sites is 2. The minimum absolute atomic E-state index is 0.278. The zero-order chi connectivity index (χ0) is 58.5. The SMILES string of the molecule is c1ccc(-c2ccc3c(c2)N(c2ccccc2)c2cc(-c4ccccc4)cc4c2N3c2cc(-c3nc(-c5ccccc5)nc(-c5ccccc5)n3)cc3c2B4c2cc(-c4ccccc4)cc4c2N3c2ccc(-c3ccccc3)cc2N4c2ccccc2)cc1. The van der Waals surface area contributed by atoms with Crippen molar-refractivity contribution in [2.75, 3.05) is 19.6 Å². The van der Waals surface area contributed by atoms with Gasteiger partial charge in [-0.3, -0.25) is 0 Å². The number of anilines is 12. The summed E-state index contributed by atoms with van der Waals surface area (Å²) in [7, 11) is 0. The summed E-state index contributed by atoms with van der Waals surface area (Å²) in [5.74, 6) is 1.78. The topological polar surface area (TPSA) is 51.6 Å². The smallest absolute Gasteiger partial charge is 0.252 e. The zero-order valence-electron chi connectivity index (χ0n) is 48.2. The molecule has 4 aliphatic heterocycles. The number of hydrogen-bond acceptors (Lipinski definition) is 7. The highest BCUT2D eigenvalue weighted by atomic mass is 15.3. The van der Waals surface area contributed by atoms with Crippen LogP contribution in [0.4, 0.5) is 68.2 Å². The molecule has 13 aromatic carbocycles. The van der Waals surface area contributed by atoms with Crippen molar-refractivity contribution in [3.05, 3.63) is 315 Å². The molecule has 0 amide bonds. The van der Waals surface area contributed by atoms with Gasteiger partial charge in [0.25, 0.3) is 6.71 Å². The van der Waals surface area contributed by atoms with Crippen molar-refractivity contribution in [3.63, 3.8) is 0 Å². The van der Waals surface area contributed by atoms with Gasteiger partial charge in [-0.05, 0) is 134 Å². The lowest BCUT2D eigenvalue weighted by Crippen LogP contribution is -2.62. The maximum Gasteiger partial charge on any atom is 0.252 e. The molecule has 7 nitrogen and oxygen atoms in total. The van der Waals surface area contributed by atoms with Crippen LogP contribution >= 0.6 is 0 Å². The monoisotopic (exact) mass is 1130 g/mol. The summed E-state index contributed by atoms with van der Waals surface area (Å²) in [6.07, 6.45) is 0. The molecule has 414 valence electrons. The second-order valence-electron chi connectivity index (χ2n) is 23.1. The van der Waals surface area contributed by atoms with Crippen molar-refractivity contribution in [1.82, 2.24) is 15.0 Å². The summed E-state index contributed by atoms with van der Waals surface area (Å²) in [6, 6.07) is 114. The molecule has 0 unspecified atom stereocenters. The molecule has 14 aromatic rings. The third kappa shape index (κ3) is 8.18. The standard InChI is InChI=1S/C81H52BN7/c1-9-25-53(26-10-1)59-41-43-68-70(47-59)86(64-37-21-7-22-38-64)74-49-61(55-29-13-3-14-30-55)45-66-77(74)88(68)72-51-63(81-84-79(57-33-17-5-18-34-57)83-80(85-81)58-35-19-6-20-36-58)52-73-76(72)82(66)67-46-62(56-31-15-4-16-32-56)50-75-78(67)89(73)69-44-42-60(54-27-11-2-12-28-54)48-71(69)87(75)65-39-23-8-24-40-65/h1-52H. The van der Waals surface area contributed by atoms with E-state index in [0.717, 1.165) is 129 Å². The minimum atomic E-state index is -0.278. The largest absolute Gasteiger partial charge is 0.307 e. The fourth-order valence-corrected chi connectivity index (χ4v) is 14.1. The van der Waals surface area contributed by atoms with Crippen molar-refractivity contribution in [3.8, 4) is 78.7 Å². The highest BCUT2D eigenvalue weighted by Crippen LogP contribution is 2.61. The second-order valence-corrected chi connectivity index (χ2v) is 23.1. The summed E-state index contributed by atoms with van der Waals surface area (Å²) in [4.78, 5) is 26.4. The molecule has 0 atom stereocenters. The van der Waals surface area contributed by atoms with Gasteiger partial charge in [0.2, 0.25) is 0 Å². The van der Waals surface area contributed by atoms with E-state index < -0.39 is 0 Å². The first-order valence-corrected chi connectivity index (χ1v) is 30.4. The van der Waals surface area contributed by atoms with Gasteiger partial charge in [-0.1, -0.05) is 243 Å². The average molecular weight is 1130 g/mol. The Labute approximate surface area is 517 Å². The maximum absolute atomic E-state index is 5.51. The molecule has 0 spiro atoms. The highest BCUT2D eigenvalue weighted by Gasteiger charge is 2.50. The summed E-state index contributed by atoms with van der Waals surface area (Å²) in [5.41, 5.74) is 28.3. The van der Waals surface area contributed by atoms with Crippen LogP contribution in [0.25, 0.3) is 78.7 Å². The lowest BCUT2D eigenvalue weighted by molar-refractivity contribution is 1.07. The van der Waals surface area contributed by atoms with E-state index in [1.807, 2.05) is 36.4 Å². The van der Waals surface area contributed by atoms with E-state index in [0.29, 0.717) is 17.5 Å². The molecule has 0 bridgehead atoms. The molecule has 4 aliphatic rings. The predicted molar refractivity (Wildman–Crippen MR) is 368 cm³/mol. The van der Waals surface area contributed by atoms with Crippen LogP contribution in [0.15, 0.2) is 315 Å². The van der Waals surface area contributed by atoms with Gasteiger partial charge >= 0.3 is 0 Å². The normalized spacial score (nSPS) is 12.8. The van der Waals surface area contributed by atoms with Gasteiger partial charge in [0.15, 0.2) is 17.5 Å². The number of aromatic nitrogens is 3. The highest BCUT2D eigenvalue weighted by molar-refractivity contribution is 7.01. The summed E-state index contributed by atoms with van der Waals surface area (Å²) >= 11 is 0. The molecular weight excluding hydrogens is 1080 g/mol. The first kappa shape index (κ1) is 50.5. The Hall–Kier alpha value is -11.9. The van der Waals surface area contributed by atoms with Crippen LogP contribution in [0.2, 0.25) is 0 Å². The van der Waals surface area contributed by atoms with Crippen molar-refractivity contribution in [1.29, 1.82) is 0 Å². The molecule has 18 rings (SSSR count). The Morgan fingerprint density at radius 1 is 0.202 bits per heavy atom. The molecule has 8 heteroatoms. The molecule has 0 fully saturated rings. The van der Waals surface area contributed by atoms with Gasteiger partial charge < -0.3 is 19.6 Å². The lowest BCUT2D eigenvalue weighted by Gasteiger charge is -2.51. The molecule has 0 saturated heterocycles. The third-order valence-corrected chi connectivity index (χ3v) is 18.0. The minimum Gasteiger partial charge on any atom is -0.307 e. The Kier molecular flexibility index (Phi) is 11.6. The van der Waals surface area contributed by atoms with E-state index in [9.17, 15) is 0 Å². The molecule has 0 aliphatic carbocycles. The number of benzene rings is 13. The van der Waals surface area contributed by atoms with Crippen molar-refractivity contribution in [2.45, 2.75) is 0 Å². The van der Waals surface area contributed by atoms with E-state index in [1.165, 1.54) is 16.4 Å². The third-order valence-electron chi connectivity index (χ3n) is 18.0. The van der Waals surface area contributed by atoms with Crippen molar-refractivity contribution >= 4 is 91.3 Å². The van der Waals surface area contributed by atoms with Gasteiger partial charge in [0, 0.05) is 39.4 Å². The van der Waals surface area contributed by atoms with Crippen LogP contribution in [-0.4, -0.2) is 21.7 Å². The van der Waals surface area contributed by atoms with E-state index in [-0.39, 0.29) is 6.71 Å². The summed E-state index contributed by atoms with van der Waals surface area (Å²) in [6.45, 7) is -0.278. The first-order valence-electron chi connectivity index (χ1n) is 30.4. The quantitative estimate of drug-likeness (QED) is 0.134. The average Bonchev–Trinajstić information content (AvgIpc) is 0.797. The van der Waals surface area contributed by atoms with Crippen LogP contribution < -0.4 is 36.0 Å². The van der Waals surface area contributed by atoms with Crippen LogP contribution in [0.5, 0.6) is 0 Å². The second kappa shape index (κ2) is 20.4. The van der Waals surface area contributed by atoms with Gasteiger partial charge in [-0.15, -0.1) is 0 Å². The molecule has 89 heavy (non-hydrogen) atoms. The van der Waals surface area contributed by atoms with Gasteiger partial charge in [0.05, 0.1) is 45.5 Å². The Balaban J connectivity index is 1.01. The number of rotatable bonds is 9. The maximum atomic E-state index is 5.51. The molecule has 0 saturated carbocycles. The van der Waals surface area contributed by atoms with Crippen molar-refractivity contribution in [2.24, 2.45) is 0 Å². The summed E-state index contributed by atoms with van der Waals surface area (Å²) in [5, 5.41) is 0. The fourth-order valence-electron chi connectivity index (χ4n) is 14.1. The van der Waals surface area contributed by atoms with E-state index >= 15 is 0 Å². The van der Waals surface area contributed by atoms with Crippen molar-refractivity contribution < 1.29 is 0 Å². The number of nitrogens with zero attached hydrogens (tertiary/aromatic N) is 7. The van der Waals surface area contributed by atoms with Crippen LogP contribution in [0, 0.1) is 0 Å².